The van der Waals surface area contributed by atoms with Crippen LogP contribution in [0.4, 0.5) is 0 Å². The zero-order chi connectivity index (χ0) is 20.8. The molecule has 1 fully saturated rings. The Bertz CT molecular complexity index is 663. The molecular formula is C12H10O14. The third-order valence-corrected chi connectivity index (χ3v) is 4.42. The van der Waals surface area contributed by atoms with Crippen LogP contribution < -0.4 is 0 Å². The minimum atomic E-state index is -4.09. The van der Waals surface area contributed by atoms with Crippen LogP contribution in [-0.4, -0.2) is 77.5 Å². The second kappa shape index (κ2) is 5.98. The highest BCUT2D eigenvalue weighted by atomic mass is 16.4. The molecule has 0 aromatic carbocycles. The first kappa shape index (κ1) is 20.3. The van der Waals surface area contributed by atoms with Crippen molar-refractivity contribution in [1.82, 2.24) is 0 Å². The van der Waals surface area contributed by atoms with Crippen molar-refractivity contribution in [2.45, 2.75) is 0 Å². The molecule has 0 spiro atoms. The lowest BCUT2D eigenvalue weighted by molar-refractivity contribution is -0.188. The second-order valence-electron chi connectivity index (χ2n) is 5.36. The molecule has 0 aliphatic heterocycles. The van der Waals surface area contributed by atoms with E-state index in [0.29, 0.717) is 0 Å². The topological polar surface area (TPSA) is 261 Å². The van der Waals surface area contributed by atoms with Crippen molar-refractivity contribution in [1.29, 1.82) is 0 Å². The van der Waals surface area contributed by atoms with Gasteiger partial charge in [-0.3, -0.25) is 33.6 Å². The summed E-state index contributed by atoms with van der Waals surface area (Å²) in [6.07, 6.45) is 0. The first-order valence-corrected chi connectivity index (χ1v) is 6.35. The smallest absolute Gasteiger partial charge is 0.322 e. The van der Waals surface area contributed by atoms with E-state index in [1.54, 1.807) is 0 Å². The predicted octanol–water partition coefficient (Wildman–Crippen LogP) is -2.59. The van der Waals surface area contributed by atoms with Crippen molar-refractivity contribution >= 4 is 41.8 Å². The maximum Gasteiger partial charge on any atom is 0.322 e. The van der Waals surface area contributed by atoms with Gasteiger partial charge in [-0.1, -0.05) is 0 Å². The molecule has 2 atom stereocenters. The van der Waals surface area contributed by atoms with E-state index in [1.807, 2.05) is 0 Å². The fraction of sp³-hybridized carbons (Fsp3) is 0.417. The molecule has 1 aliphatic carbocycles. The Morgan fingerprint density at radius 3 is 0.808 bits per heavy atom. The van der Waals surface area contributed by atoms with E-state index in [9.17, 15) is 69.3 Å². The third kappa shape index (κ3) is 2.08. The Balaban J connectivity index is 4.31. The predicted molar refractivity (Wildman–Crippen MR) is 68.8 cm³/mol. The summed E-state index contributed by atoms with van der Waals surface area (Å²) < 4.78 is 0. The van der Waals surface area contributed by atoms with Gasteiger partial charge in [-0.25, -0.2) is 0 Å². The molecule has 7 N–H and O–H groups in total. The lowest BCUT2D eigenvalue weighted by atomic mass is 9.66. The molecule has 0 aromatic rings. The number of hydrogen-bond acceptors (Lipinski definition) is 7. The molecule has 142 valence electrons. The Morgan fingerprint density at radius 1 is 0.462 bits per heavy atom. The molecule has 0 heterocycles. The number of carboxylic acids is 7. The van der Waals surface area contributed by atoms with Crippen molar-refractivity contribution in [3.63, 3.8) is 0 Å². The summed E-state index contributed by atoms with van der Waals surface area (Å²) in [6, 6.07) is 0. The summed E-state index contributed by atoms with van der Waals surface area (Å²) in [5.74, 6) is -28.3. The highest BCUT2D eigenvalue weighted by Gasteiger charge is 2.86. The molecule has 26 heavy (non-hydrogen) atoms. The summed E-state index contributed by atoms with van der Waals surface area (Å²) >= 11 is 0. The lowest BCUT2D eigenvalue weighted by Crippen LogP contribution is -2.57. The standard InChI is InChI=1S/C12H10O14/c13-4(14)1-2(5(15)16)12(9(23)24,10(25)26)3(6(17)18)11(1,7(19)20)8(21)22/h1-3H,(H,13,14)(H,15,16)(H,17,18)(H,19,20)(H,21,22)(H,23,24)(H,25,26). The fourth-order valence-electron chi connectivity index (χ4n) is 3.52. The zero-order valence-electron chi connectivity index (χ0n) is 12.2. The van der Waals surface area contributed by atoms with Crippen LogP contribution in [-0.2, 0) is 33.6 Å². The lowest BCUT2D eigenvalue weighted by Gasteiger charge is -2.31. The first-order valence-electron chi connectivity index (χ1n) is 6.35. The number of aliphatic carboxylic acids is 7. The van der Waals surface area contributed by atoms with Gasteiger partial charge in [0.15, 0.2) is 10.8 Å². The Hall–Kier alpha value is -3.71. The minimum absolute atomic E-state index is 2.50. The molecule has 14 nitrogen and oxygen atoms in total. The maximum absolute atomic E-state index is 11.6. The van der Waals surface area contributed by atoms with Crippen molar-refractivity contribution in [2.75, 3.05) is 0 Å². The Morgan fingerprint density at radius 2 is 0.692 bits per heavy atom. The van der Waals surface area contributed by atoms with Gasteiger partial charge >= 0.3 is 41.8 Å². The molecule has 1 rings (SSSR count). The minimum Gasteiger partial charge on any atom is -0.481 e. The first-order chi connectivity index (χ1) is 11.7. The number of carboxylic acid groups (broad SMARTS) is 7. The largest absolute Gasteiger partial charge is 0.481 e. The molecular weight excluding hydrogens is 368 g/mol. The number of carbonyl (C=O) groups is 7. The average Bonchev–Trinajstić information content (AvgIpc) is 2.77. The van der Waals surface area contributed by atoms with E-state index in [0.717, 1.165) is 0 Å². The van der Waals surface area contributed by atoms with Gasteiger partial charge in [-0.15, -0.1) is 0 Å². The van der Waals surface area contributed by atoms with Crippen LogP contribution in [0.2, 0.25) is 0 Å². The summed E-state index contributed by atoms with van der Waals surface area (Å²) in [6.45, 7) is 0. The van der Waals surface area contributed by atoms with Gasteiger partial charge in [0.25, 0.3) is 0 Å². The van der Waals surface area contributed by atoms with Gasteiger partial charge in [-0.2, -0.15) is 0 Å². The van der Waals surface area contributed by atoms with E-state index in [-0.39, 0.29) is 0 Å². The second-order valence-corrected chi connectivity index (χ2v) is 5.36. The maximum atomic E-state index is 11.6. The van der Waals surface area contributed by atoms with Crippen molar-refractivity contribution < 1.29 is 69.3 Å². The van der Waals surface area contributed by atoms with Crippen LogP contribution in [0.15, 0.2) is 0 Å². The summed E-state index contributed by atoms with van der Waals surface area (Å²) in [4.78, 5) is 80.9. The van der Waals surface area contributed by atoms with Crippen LogP contribution in [0.5, 0.6) is 0 Å². The van der Waals surface area contributed by atoms with Crippen LogP contribution in [0.1, 0.15) is 0 Å². The van der Waals surface area contributed by atoms with Gasteiger partial charge in [0, 0.05) is 0 Å². The highest BCUT2D eigenvalue weighted by molar-refractivity contribution is 6.16. The van der Waals surface area contributed by atoms with Crippen LogP contribution >= 0.6 is 0 Å². The SMILES string of the molecule is O=C(O)C1C(C(=O)O)C(C(=O)O)(C(=O)O)C(C(=O)O)C1(C(=O)O)C(=O)O. The van der Waals surface area contributed by atoms with Crippen LogP contribution in [0, 0.1) is 28.6 Å². The van der Waals surface area contributed by atoms with Crippen molar-refractivity contribution in [3.8, 4) is 0 Å². The van der Waals surface area contributed by atoms with Gasteiger partial charge in [0.05, 0.1) is 11.8 Å². The van der Waals surface area contributed by atoms with Crippen LogP contribution in [0.3, 0.4) is 0 Å². The number of hydrogen-bond donors (Lipinski definition) is 7. The van der Waals surface area contributed by atoms with Gasteiger partial charge in [0.2, 0.25) is 0 Å². The molecule has 0 aromatic heterocycles. The zero-order valence-corrected chi connectivity index (χ0v) is 12.2. The van der Waals surface area contributed by atoms with Gasteiger partial charge in [-0.05, 0) is 0 Å². The normalized spacial score (nSPS) is 25.8. The summed E-state index contributed by atoms with van der Waals surface area (Å²) in [5.41, 5.74) is -8.17. The molecule has 0 bridgehead atoms. The van der Waals surface area contributed by atoms with Gasteiger partial charge < -0.3 is 35.7 Å². The van der Waals surface area contributed by atoms with Gasteiger partial charge in [0.1, 0.15) is 5.92 Å². The fourth-order valence-corrected chi connectivity index (χ4v) is 3.52. The molecule has 2 unspecified atom stereocenters. The van der Waals surface area contributed by atoms with E-state index in [4.69, 9.17) is 0 Å². The average molecular weight is 378 g/mol. The van der Waals surface area contributed by atoms with E-state index >= 15 is 0 Å². The quantitative estimate of drug-likeness (QED) is 0.224. The molecule has 1 aliphatic rings. The molecule has 0 radical (unpaired) electrons. The molecule has 0 saturated heterocycles. The molecule has 0 amide bonds. The van der Waals surface area contributed by atoms with E-state index in [2.05, 4.69) is 0 Å². The van der Waals surface area contributed by atoms with Crippen LogP contribution in [0.25, 0.3) is 0 Å². The third-order valence-electron chi connectivity index (χ3n) is 4.42. The Labute approximate surface area is 140 Å². The summed E-state index contributed by atoms with van der Waals surface area (Å²) in [7, 11) is 0. The molecule has 14 heteroatoms. The van der Waals surface area contributed by atoms with E-state index < -0.39 is 70.4 Å². The van der Waals surface area contributed by atoms with Crippen molar-refractivity contribution in [3.05, 3.63) is 0 Å². The van der Waals surface area contributed by atoms with E-state index in [1.165, 1.54) is 0 Å². The number of rotatable bonds is 7. The van der Waals surface area contributed by atoms with Crippen molar-refractivity contribution in [2.24, 2.45) is 28.6 Å². The monoisotopic (exact) mass is 378 g/mol. The molecule has 1 saturated carbocycles. The highest BCUT2D eigenvalue weighted by Crippen LogP contribution is 2.62. The Kier molecular flexibility index (Phi) is 4.68. The summed E-state index contributed by atoms with van der Waals surface area (Å²) in [5, 5.41) is 64.8.